The lowest BCUT2D eigenvalue weighted by molar-refractivity contribution is 0.0938. The SMILES string of the molecule is O=C(NC1CCCC1)c1ccc(NC(=O)N2CCN(c3nccs3)CC2)cc1. The molecular weight excluding hydrogens is 374 g/mol. The molecule has 0 unspecified atom stereocenters. The lowest BCUT2D eigenvalue weighted by atomic mass is 10.1. The van der Waals surface area contributed by atoms with E-state index >= 15 is 0 Å². The summed E-state index contributed by atoms with van der Waals surface area (Å²) in [5.74, 6) is -0.0388. The van der Waals surface area contributed by atoms with Gasteiger partial charge < -0.3 is 20.4 Å². The minimum absolute atomic E-state index is 0.0388. The number of anilines is 2. The van der Waals surface area contributed by atoms with Crippen LogP contribution in [0.15, 0.2) is 35.8 Å². The van der Waals surface area contributed by atoms with E-state index in [4.69, 9.17) is 0 Å². The highest BCUT2D eigenvalue weighted by Gasteiger charge is 2.22. The summed E-state index contributed by atoms with van der Waals surface area (Å²) in [6.45, 7) is 2.88. The highest BCUT2D eigenvalue weighted by Crippen LogP contribution is 2.20. The van der Waals surface area contributed by atoms with Crippen molar-refractivity contribution in [2.24, 2.45) is 0 Å². The van der Waals surface area contributed by atoms with Crippen molar-refractivity contribution in [1.82, 2.24) is 15.2 Å². The molecule has 0 spiro atoms. The summed E-state index contributed by atoms with van der Waals surface area (Å²) >= 11 is 1.62. The van der Waals surface area contributed by atoms with Crippen LogP contribution in [0.2, 0.25) is 0 Å². The molecule has 148 valence electrons. The van der Waals surface area contributed by atoms with Crippen molar-refractivity contribution >= 4 is 34.1 Å². The normalized spacial score (nSPS) is 17.6. The van der Waals surface area contributed by atoms with Gasteiger partial charge in [-0.25, -0.2) is 9.78 Å². The van der Waals surface area contributed by atoms with E-state index in [0.29, 0.717) is 30.4 Å². The number of carbonyl (C=O) groups is 2. The number of aromatic nitrogens is 1. The average Bonchev–Trinajstić information content (AvgIpc) is 3.43. The molecule has 7 nitrogen and oxygen atoms in total. The van der Waals surface area contributed by atoms with Crippen LogP contribution in [0.25, 0.3) is 0 Å². The molecule has 1 saturated carbocycles. The molecule has 0 radical (unpaired) electrons. The molecule has 0 bridgehead atoms. The van der Waals surface area contributed by atoms with Gasteiger partial charge in [0.05, 0.1) is 0 Å². The lowest BCUT2D eigenvalue weighted by Gasteiger charge is -2.34. The molecule has 2 aromatic rings. The summed E-state index contributed by atoms with van der Waals surface area (Å²) in [6.07, 6.45) is 6.31. The molecule has 4 rings (SSSR count). The average molecular weight is 400 g/mol. The number of carbonyl (C=O) groups excluding carboxylic acids is 2. The Morgan fingerprint density at radius 1 is 1.04 bits per heavy atom. The molecule has 1 saturated heterocycles. The molecule has 1 aromatic carbocycles. The highest BCUT2D eigenvalue weighted by molar-refractivity contribution is 7.13. The fourth-order valence-electron chi connectivity index (χ4n) is 3.72. The molecule has 1 aliphatic carbocycles. The van der Waals surface area contributed by atoms with E-state index in [-0.39, 0.29) is 11.9 Å². The van der Waals surface area contributed by atoms with Crippen LogP contribution in [0.5, 0.6) is 0 Å². The second kappa shape index (κ2) is 8.60. The summed E-state index contributed by atoms with van der Waals surface area (Å²) in [5.41, 5.74) is 1.33. The van der Waals surface area contributed by atoms with E-state index in [2.05, 4.69) is 20.5 Å². The van der Waals surface area contributed by atoms with Crippen molar-refractivity contribution in [3.8, 4) is 0 Å². The Balaban J connectivity index is 1.27. The van der Waals surface area contributed by atoms with E-state index in [1.54, 1.807) is 41.8 Å². The fraction of sp³-hybridized carbons (Fsp3) is 0.450. The molecular formula is C20H25N5O2S. The predicted octanol–water partition coefficient (Wildman–Crippen LogP) is 3.17. The van der Waals surface area contributed by atoms with Gasteiger partial charge in [0, 0.05) is 55.0 Å². The minimum atomic E-state index is -0.109. The number of hydrogen-bond acceptors (Lipinski definition) is 5. The quantitative estimate of drug-likeness (QED) is 0.828. The van der Waals surface area contributed by atoms with Gasteiger partial charge in [-0.15, -0.1) is 11.3 Å². The van der Waals surface area contributed by atoms with E-state index < -0.39 is 0 Å². The van der Waals surface area contributed by atoms with E-state index in [0.717, 1.165) is 31.1 Å². The number of rotatable bonds is 4. The number of hydrogen-bond donors (Lipinski definition) is 2. The van der Waals surface area contributed by atoms with Crippen molar-refractivity contribution in [2.45, 2.75) is 31.7 Å². The van der Waals surface area contributed by atoms with Gasteiger partial charge in [0.15, 0.2) is 5.13 Å². The van der Waals surface area contributed by atoms with Crippen LogP contribution in [0.3, 0.4) is 0 Å². The van der Waals surface area contributed by atoms with Crippen molar-refractivity contribution in [2.75, 3.05) is 36.4 Å². The van der Waals surface area contributed by atoms with Crippen molar-refractivity contribution in [3.05, 3.63) is 41.4 Å². The molecule has 8 heteroatoms. The largest absolute Gasteiger partial charge is 0.349 e. The number of piperazine rings is 1. The molecule has 28 heavy (non-hydrogen) atoms. The van der Waals surface area contributed by atoms with Gasteiger partial charge in [-0.05, 0) is 37.1 Å². The van der Waals surface area contributed by atoms with E-state index in [1.165, 1.54) is 12.8 Å². The van der Waals surface area contributed by atoms with Crippen LogP contribution in [-0.4, -0.2) is 54.0 Å². The number of thiazole rings is 1. The number of amides is 3. The second-order valence-electron chi connectivity index (χ2n) is 7.25. The zero-order valence-electron chi connectivity index (χ0n) is 15.8. The first-order chi connectivity index (χ1) is 13.7. The first kappa shape index (κ1) is 18.7. The number of benzene rings is 1. The monoisotopic (exact) mass is 399 g/mol. The molecule has 2 fully saturated rings. The predicted molar refractivity (Wildman–Crippen MR) is 111 cm³/mol. The van der Waals surface area contributed by atoms with Gasteiger partial charge in [0.2, 0.25) is 0 Å². The van der Waals surface area contributed by atoms with Crippen LogP contribution >= 0.6 is 11.3 Å². The minimum Gasteiger partial charge on any atom is -0.349 e. The summed E-state index contributed by atoms with van der Waals surface area (Å²) in [5, 5.41) is 8.97. The van der Waals surface area contributed by atoms with Crippen molar-refractivity contribution in [3.63, 3.8) is 0 Å². The highest BCUT2D eigenvalue weighted by atomic mass is 32.1. The summed E-state index contributed by atoms with van der Waals surface area (Å²) in [7, 11) is 0. The Kier molecular flexibility index (Phi) is 5.76. The zero-order chi connectivity index (χ0) is 19.3. The Labute approximate surface area is 168 Å². The summed E-state index contributed by atoms with van der Waals surface area (Å²) < 4.78 is 0. The molecule has 2 N–H and O–H groups in total. The van der Waals surface area contributed by atoms with Crippen LogP contribution < -0.4 is 15.5 Å². The smallest absolute Gasteiger partial charge is 0.321 e. The van der Waals surface area contributed by atoms with Gasteiger partial charge in [0.25, 0.3) is 5.91 Å². The second-order valence-corrected chi connectivity index (χ2v) is 8.12. The van der Waals surface area contributed by atoms with Crippen LogP contribution in [0, 0.1) is 0 Å². The van der Waals surface area contributed by atoms with Gasteiger partial charge in [-0.1, -0.05) is 12.8 Å². The molecule has 1 aromatic heterocycles. The summed E-state index contributed by atoms with van der Waals surface area (Å²) in [6, 6.07) is 7.29. The van der Waals surface area contributed by atoms with Crippen LogP contribution in [0.1, 0.15) is 36.0 Å². The topological polar surface area (TPSA) is 77.6 Å². The van der Waals surface area contributed by atoms with Gasteiger partial charge in [-0.3, -0.25) is 4.79 Å². The first-order valence-corrected chi connectivity index (χ1v) is 10.7. The summed E-state index contributed by atoms with van der Waals surface area (Å²) in [4.78, 5) is 33.1. The van der Waals surface area contributed by atoms with Crippen LogP contribution in [0.4, 0.5) is 15.6 Å². The fourth-order valence-corrected chi connectivity index (χ4v) is 4.42. The number of nitrogens with one attached hydrogen (secondary N) is 2. The van der Waals surface area contributed by atoms with Gasteiger partial charge >= 0.3 is 6.03 Å². The molecule has 1 aliphatic heterocycles. The maximum Gasteiger partial charge on any atom is 0.321 e. The Bertz CT molecular complexity index is 795. The molecule has 2 heterocycles. The van der Waals surface area contributed by atoms with E-state index in [9.17, 15) is 9.59 Å². The van der Waals surface area contributed by atoms with Gasteiger partial charge in [0.1, 0.15) is 0 Å². The standard InChI is InChI=1S/C20H25N5O2S/c26-18(22-16-3-1-2-4-16)15-5-7-17(8-6-15)23-19(27)24-10-12-25(13-11-24)20-21-9-14-28-20/h5-9,14,16H,1-4,10-13H2,(H,22,26)(H,23,27). The Morgan fingerprint density at radius 2 is 1.75 bits per heavy atom. The maximum atomic E-state index is 12.5. The number of urea groups is 1. The van der Waals surface area contributed by atoms with Gasteiger partial charge in [-0.2, -0.15) is 0 Å². The zero-order valence-corrected chi connectivity index (χ0v) is 16.6. The third-order valence-corrected chi connectivity index (χ3v) is 6.18. The molecule has 0 atom stereocenters. The van der Waals surface area contributed by atoms with Crippen LogP contribution in [-0.2, 0) is 0 Å². The first-order valence-electron chi connectivity index (χ1n) is 9.80. The molecule has 3 amide bonds. The Morgan fingerprint density at radius 3 is 2.39 bits per heavy atom. The van der Waals surface area contributed by atoms with Crippen molar-refractivity contribution < 1.29 is 9.59 Å². The third kappa shape index (κ3) is 4.44. The van der Waals surface area contributed by atoms with E-state index in [1.807, 2.05) is 10.3 Å². The Hall–Kier alpha value is -2.61. The molecule has 2 aliphatic rings. The lowest BCUT2D eigenvalue weighted by Crippen LogP contribution is -2.50. The third-order valence-electron chi connectivity index (χ3n) is 5.35. The van der Waals surface area contributed by atoms with Crippen molar-refractivity contribution in [1.29, 1.82) is 0 Å². The number of nitrogens with zero attached hydrogens (tertiary/aromatic N) is 3. The maximum absolute atomic E-state index is 12.5.